The predicted octanol–water partition coefficient (Wildman–Crippen LogP) is 5.02. The molecule has 1 aromatic heterocycles. The molecular weight excluding hydrogens is 357 g/mol. The standard InChI is InChI=1S/C14H9BrF5N/c1-6(7-2-4-21-5-3-7)9(15)8-10(16)12(18)14(20)13(19)11(8)17/h2-6,9H,1H3. The largest absolute Gasteiger partial charge is 0.265 e. The van der Waals surface area contributed by atoms with Crippen molar-refractivity contribution in [2.75, 3.05) is 0 Å². The molecule has 0 spiro atoms. The van der Waals surface area contributed by atoms with Gasteiger partial charge in [-0.15, -0.1) is 0 Å². The number of halogens is 6. The van der Waals surface area contributed by atoms with Gasteiger partial charge in [-0.25, -0.2) is 22.0 Å². The van der Waals surface area contributed by atoms with E-state index >= 15 is 0 Å². The van der Waals surface area contributed by atoms with E-state index in [4.69, 9.17) is 0 Å². The summed E-state index contributed by atoms with van der Waals surface area (Å²) < 4.78 is 67.0. The van der Waals surface area contributed by atoms with E-state index in [1.54, 1.807) is 19.1 Å². The summed E-state index contributed by atoms with van der Waals surface area (Å²) in [5.74, 6) is -10.2. The second kappa shape index (κ2) is 6.09. The maximum Gasteiger partial charge on any atom is 0.200 e. The van der Waals surface area contributed by atoms with Crippen molar-refractivity contribution in [1.29, 1.82) is 0 Å². The van der Waals surface area contributed by atoms with Crippen LogP contribution in [-0.4, -0.2) is 4.98 Å². The third-order valence-corrected chi connectivity index (χ3v) is 4.44. The number of hydrogen-bond acceptors (Lipinski definition) is 1. The molecule has 0 aliphatic rings. The summed E-state index contributed by atoms with van der Waals surface area (Å²) in [7, 11) is 0. The molecule has 1 aromatic carbocycles. The van der Waals surface area contributed by atoms with E-state index < -0.39 is 45.4 Å². The maximum atomic E-state index is 13.8. The van der Waals surface area contributed by atoms with Crippen LogP contribution in [0.4, 0.5) is 22.0 Å². The zero-order valence-electron chi connectivity index (χ0n) is 10.7. The second-order valence-electron chi connectivity index (χ2n) is 4.45. The minimum absolute atomic E-state index is 0.527. The summed E-state index contributed by atoms with van der Waals surface area (Å²) in [6, 6.07) is 3.20. The highest BCUT2D eigenvalue weighted by atomic mass is 79.9. The molecule has 2 aromatic rings. The summed E-state index contributed by atoms with van der Waals surface area (Å²) in [5, 5.41) is 0. The maximum absolute atomic E-state index is 13.8. The van der Waals surface area contributed by atoms with Crippen molar-refractivity contribution in [2.45, 2.75) is 17.7 Å². The Hall–Kier alpha value is -1.50. The number of nitrogens with zero attached hydrogens (tertiary/aromatic N) is 1. The molecule has 0 bridgehead atoms. The van der Waals surface area contributed by atoms with Crippen molar-refractivity contribution >= 4 is 15.9 Å². The summed E-state index contributed by atoms with van der Waals surface area (Å²) in [6.45, 7) is 1.60. The van der Waals surface area contributed by atoms with Gasteiger partial charge in [-0.2, -0.15) is 0 Å². The average Bonchev–Trinajstić information content (AvgIpc) is 2.51. The molecule has 1 heterocycles. The fourth-order valence-electron chi connectivity index (χ4n) is 1.95. The Morgan fingerprint density at radius 2 is 1.29 bits per heavy atom. The van der Waals surface area contributed by atoms with E-state index in [0.717, 1.165) is 0 Å². The third-order valence-electron chi connectivity index (χ3n) is 3.19. The molecule has 2 unspecified atom stereocenters. The van der Waals surface area contributed by atoms with Crippen LogP contribution in [-0.2, 0) is 0 Å². The first-order chi connectivity index (χ1) is 9.86. The zero-order valence-corrected chi connectivity index (χ0v) is 12.3. The minimum atomic E-state index is -2.16. The number of aromatic nitrogens is 1. The molecule has 0 aliphatic carbocycles. The van der Waals surface area contributed by atoms with Crippen LogP contribution in [0.2, 0.25) is 0 Å². The second-order valence-corrected chi connectivity index (χ2v) is 5.44. The van der Waals surface area contributed by atoms with Crippen LogP contribution < -0.4 is 0 Å². The van der Waals surface area contributed by atoms with Gasteiger partial charge in [0.1, 0.15) is 0 Å². The highest BCUT2D eigenvalue weighted by Gasteiger charge is 2.32. The molecule has 0 saturated heterocycles. The van der Waals surface area contributed by atoms with E-state index in [1.165, 1.54) is 12.4 Å². The van der Waals surface area contributed by atoms with Gasteiger partial charge in [0, 0.05) is 18.0 Å². The first-order valence-corrected chi connectivity index (χ1v) is 6.83. The quantitative estimate of drug-likeness (QED) is 0.322. The van der Waals surface area contributed by atoms with Gasteiger partial charge in [0.15, 0.2) is 23.3 Å². The minimum Gasteiger partial charge on any atom is -0.265 e. The molecule has 21 heavy (non-hydrogen) atoms. The van der Waals surface area contributed by atoms with Crippen LogP contribution in [0, 0.1) is 29.1 Å². The Bertz CT molecular complexity index is 633. The highest BCUT2D eigenvalue weighted by molar-refractivity contribution is 9.09. The lowest BCUT2D eigenvalue weighted by molar-refractivity contribution is 0.368. The summed E-state index contributed by atoms with van der Waals surface area (Å²) >= 11 is 3.03. The molecule has 2 rings (SSSR count). The van der Waals surface area contributed by atoms with Crippen LogP contribution >= 0.6 is 15.9 Å². The molecule has 0 fully saturated rings. The lowest BCUT2D eigenvalue weighted by atomic mass is 9.93. The molecule has 0 saturated carbocycles. The van der Waals surface area contributed by atoms with Crippen molar-refractivity contribution in [3.8, 4) is 0 Å². The molecule has 2 atom stereocenters. The molecule has 0 amide bonds. The van der Waals surface area contributed by atoms with Gasteiger partial charge < -0.3 is 0 Å². The summed E-state index contributed by atoms with van der Waals surface area (Å²) in [5.41, 5.74) is -0.230. The normalized spacial score (nSPS) is 14.0. The highest BCUT2D eigenvalue weighted by Crippen LogP contribution is 2.41. The summed E-state index contributed by atoms with van der Waals surface area (Å²) in [6.07, 6.45) is 2.95. The molecular formula is C14H9BrF5N. The summed E-state index contributed by atoms with van der Waals surface area (Å²) in [4.78, 5) is 2.72. The Balaban J connectivity index is 2.52. The number of benzene rings is 1. The predicted molar refractivity (Wildman–Crippen MR) is 70.6 cm³/mol. The van der Waals surface area contributed by atoms with Gasteiger partial charge in [-0.05, 0) is 23.6 Å². The molecule has 0 radical (unpaired) electrons. The smallest absolute Gasteiger partial charge is 0.200 e. The van der Waals surface area contributed by atoms with Gasteiger partial charge in [-0.1, -0.05) is 22.9 Å². The van der Waals surface area contributed by atoms with Gasteiger partial charge in [0.05, 0.1) is 4.83 Å². The fourth-order valence-corrected chi connectivity index (χ4v) is 2.66. The number of hydrogen-bond donors (Lipinski definition) is 0. The third kappa shape index (κ3) is 2.79. The van der Waals surface area contributed by atoms with E-state index in [1.807, 2.05) is 0 Å². The first-order valence-electron chi connectivity index (χ1n) is 5.91. The monoisotopic (exact) mass is 365 g/mol. The first kappa shape index (κ1) is 15.9. The molecule has 112 valence electrons. The SMILES string of the molecule is CC(c1ccncc1)C(Br)c1c(F)c(F)c(F)c(F)c1F. The van der Waals surface area contributed by atoms with Crippen molar-refractivity contribution in [3.05, 3.63) is 64.7 Å². The number of alkyl halides is 1. The van der Waals surface area contributed by atoms with E-state index in [-0.39, 0.29) is 0 Å². The average molecular weight is 366 g/mol. The number of rotatable bonds is 3. The van der Waals surface area contributed by atoms with Crippen LogP contribution in [0.25, 0.3) is 0 Å². The van der Waals surface area contributed by atoms with Gasteiger partial charge in [-0.3, -0.25) is 4.98 Å². The van der Waals surface area contributed by atoms with Crippen LogP contribution in [0.3, 0.4) is 0 Å². The van der Waals surface area contributed by atoms with Crippen molar-refractivity contribution in [3.63, 3.8) is 0 Å². The van der Waals surface area contributed by atoms with Gasteiger partial charge in [0.2, 0.25) is 5.82 Å². The van der Waals surface area contributed by atoms with Crippen molar-refractivity contribution in [2.24, 2.45) is 0 Å². The Kier molecular flexibility index (Phi) is 4.61. The molecule has 1 nitrogen and oxygen atoms in total. The molecule has 0 N–H and O–H groups in total. The number of pyridine rings is 1. The van der Waals surface area contributed by atoms with E-state index in [2.05, 4.69) is 20.9 Å². The fraction of sp³-hybridized carbons (Fsp3) is 0.214. The van der Waals surface area contributed by atoms with Gasteiger partial charge in [0.25, 0.3) is 0 Å². The van der Waals surface area contributed by atoms with Crippen molar-refractivity contribution in [1.82, 2.24) is 4.98 Å². The Morgan fingerprint density at radius 1 is 0.857 bits per heavy atom. The molecule has 0 aliphatic heterocycles. The topological polar surface area (TPSA) is 12.9 Å². The molecule has 7 heteroatoms. The van der Waals surface area contributed by atoms with Crippen LogP contribution in [0.5, 0.6) is 0 Å². The van der Waals surface area contributed by atoms with E-state index in [0.29, 0.717) is 5.56 Å². The lowest BCUT2D eigenvalue weighted by Crippen LogP contribution is -2.12. The Labute approximate surface area is 125 Å². The lowest BCUT2D eigenvalue weighted by Gasteiger charge is -2.20. The van der Waals surface area contributed by atoms with Gasteiger partial charge >= 0.3 is 0 Å². The van der Waals surface area contributed by atoms with Crippen LogP contribution in [0.15, 0.2) is 24.5 Å². The van der Waals surface area contributed by atoms with Crippen molar-refractivity contribution < 1.29 is 22.0 Å². The zero-order chi connectivity index (χ0) is 15.7. The Morgan fingerprint density at radius 3 is 1.76 bits per heavy atom. The van der Waals surface area contributed by atoms with E-state index in [9.17, 15) is 22.0 Å². The van der Waals surface area contributed by atoms with Crippen LogP contribution in [0.1, 0.15) is 28.8 Å².